The molecule has 1 fully saturated rings. The van der Waals surface area contributed by atoms with E-state index in [1.807, 2.05) is 31.2 Å². The molecule has 0 spiro atoms. The van der Waals surface area contributed by atoms with Gasteiger partial charge < -0.3 is 23.8 Å². The molecule has 1 atom stereocenters. The van der Waals surface area contributed by atoms with Gasteiger partial charge in [0.25, 0.3) is 0 Å². The lowest BCUT2D eigenvalue weighted by Gasteiger charge is -2.34. The number of methoxy groups -OCH3 is 2. The van der Waals surface area contributed by atoms with E-state index in [2.05, 4.69) is 29.4 Å². The van der Waals surface area contributed by atoms with Crippen LogP contribution in [0.15, 0.2) is 30.3 Å². The third kappa shape index (κ3) is 4.65. The number of hydrogen-bond donors (Lipinski definition) is 1. The van der Waals surface area contributed by atoms with E-state index in [0.29, 0.717) is 13.2 Å². The quantitative estimate of drug-likeness (QED) is 0.688. The summed E-state index contributed by atoms with van der Waals surface area (Å²) in [6.45, 7) is 11.2. The van der Waals surface area contributed by atoms with Crippen LogP contribution in [0.25, 0.3) is 0 Å². The standard InChI is InChI=1S/C23H33N3O3/c1-17-14-20(19(3)26(17)18(2)16-28-4)22(27)15-24-10-12-25(13-11-24)21-8-6-7-9-23(21)29-5/h6-9,14,18H,10-13,15-16H2,1-5H3/p+1/t18-/m0/s1. The number of piperazine rings is 1. The van der Waals surface area contributed by atoms with Gasteiger partial charge >= 0.3 is 0 Å². The van der Waals surface area contributed by atoms with Crippen LogP contribution in [0.4, 0.5) is 5.69 Å². The molecule has 29 heavy (non-hydrogen) atoms. The molecular weight excluding hydrogens is 366 g/mol. The minimum atomic E-state index is 0.221. The number of ketones is 1. The van der Waals surface area contributed by atoms with E-state index in [9.17, 15) is 4.79 Å². The molecule has 158 valence electrons. The third-order valence-corrected chi connectivity index (χ3v) is 5.94. The number of Topliss-reactive ketones (excluding diaryl/α,β-unsaturated/α-hetero) is 1. The minimum Gasteiger partial charge on any atom is -0.495 e. The van der Waals surface area contributed by atoms with E-state index in [-0.39, 0.29) is 11.8 Å². The van der Waals surface area contributed by atoms with Crippen LogP contribution in [-0.4, -0.2) is 63.9 Å². The van der Waals surface area contributed by atoms with Gasteiger partial charge in [0.1, 0.15) is 12.3 Å². The maximum absolute atomic E-state index is 13.0. The number of para-hydroxylation sites is 2. The van der Waals surface area contributed by atoms with Gasteiger partial charge in [0.05, 0.1) is 51.6 Å². The first kappa shape index (κ1) is 21.4. The topological polar surface area (TPSA) is 48.1 Å². The van der Waals surface area contributed by atoms with E-state index in [0.717, 1.165) is 54.6 Å². The van der Waals surface area contributed by atoms with Crippen molar-refractivity contribution in [2.75, 3.05) is 58.5 Å². The molecule has 3 rings (SSSR count). The van der Waals surface area contributed by atoms with Crippen molar-refractivity contribution in [3.63, 3.8) is 0 Å². The zero-order chi connectivity index (χ0) is 21.0. The molecule has 0 bridgehead atoms. The highest BCUT2D eigenvalue weighted by molar-refractivity contribution is 5.98. The van der Waals surface area contributed by atoms with Crippen LogP contribution < -0.4 is 14.5 Å². The number of hydrogen-bond acceptors (Lipinski definition) is 4. The second-order valence-electron chi connectivity index (χ2n) is 7.97. The summed E-state index contributed by atoms with van der Waals surface area (Å²) in [6, 6.07) is 10.4. The zero-order valence-electron chi connectivity index (χ0n) is 18.3. The fourth-order valence-corrected chi connectivity index (χ4v) is 4.51. The lowest BCUT2D eigenvalue weighted by Crippen LogP contribution is -3.15. The summed E-state index contributed by atoms with van der Waals surface area (Å²) >= 11 is 0. The molecule has 0 amide bonds. The maximum Gasteiger partial charge on any atom is 0.218 e. The third-order valence-electron chi connectivity index (χ3n) is 5.94. The van der Waals surface area contributed by atoms with Crippen LogP contribution in [0.3, 0.4) is 0 Å². The molecule has 0 radical (unpaired) electrons. The maximum atomic E-state index is 13.0. The Labute approximate surface area is 174 Å². The van der Waals surface area contributed by atoms with Crippen molar-refractivity contribution in [1.82, 2.24) is 4.57 Å². The molecule has 0 unspecified atom stereocenters. The van der Waals surface area contributed by atoms with Crippen molar-refractivity contribution in [3.05, 3.63) is 47.3 Å². The van der Waals surface area contributed by atoms with Crippen molar-refractivity contribution in [1.29, 1.82) is 0 Å². The Morgan fingerprint density at radius 3 is 2.52 bits per heavy atom. The van der Waals surface area contributed by atoms with Gasteiger partial charge in [-0.25, -0.2) is 0 Å². The second kappa shape index (κ2) is 9.46. The van der Waals surface area contributed by atoms with Crippen LogP contribution in [-0.2, 0) is 4.74 Å². The van der Waals surface area contributed by atoms with Gasteiger partial charge in [0.15, 0.2) is 0 Å². The number of carbonyl (C=O) groups excluding carboxylic acids is 1. The van der Waals surface area contributed by atoms with Gasteiger partial charge in [-0.3, -0.25) is 4.79 Å². The number of aryl methyl sites for hydroxylation is 1. The SMILES string of the molecule is COC[C@H](C)n1c(C)cc(C(=O)C[NH+]2CCN(c3ccccc3OC)CC2)c1C. The number of ether oxygens (including phenoxy) is 2. The van der Waals surface area contributed by atoms with Crippen molar-refractivity contribution >= 4 is 11.5 Å². The first-order chi connectivity index (χ1) is 14.0. The molecule has 0 aliphatic carbocycles. The fraction of sp³-hybridized carbons (Fsp3) is 0.522. The summed E-state index contributed by atoms with van der Waals surface area (Å²) in [4.78, 5) is 16.7. The molecule has 1 aliphatic rings. The summed E-state index contributed by atoms with van der Waals surface area (Å²) in [6.07, 6.45) is 0. The van der Waals surface area contributed by atoms with Crippen LogP contribution in [0.1, 0.15) is 34.7 Å². The van der Waals surface area contributed by atoms with Crippen LogP contribution in [0, 0.1) is 13.8 Å². The number of rotatable bonds is 8. The Hall–Kier alpha value is -2.31. The molecule has 0 saturated carbocycles. The van der Waals surface area contributed by atoms with Crippen LogP contribution >= 0.6 is 0 Å². The van der Waals surface area contributed by atoms with Gasteiger partial charge in [0.2, 0.25) is 5.78 Å². The van der Waals surface area contributed by atoms with Gasteiger partial charge in [0, 0.05) is 24.1 Å². The second-order valence-corrected chi connectivity index (χ2v) is 7.97. The Bertz CT molecular complexity index is 838. The predicted molar refractivity (Wildman–Crippen MR) is 116 cm³/mol. The molecule has 6 nitrogen and oxygen atoms in total. The Kier molecular flexibility index (Phi) is 6.98. The Morgan fingerprint density at radius 2 is 1.86 bits per heavy atom. The smallest absolute Gasteiger partial charge is 0.218 e. The molecular formula is C23H34N3O3+. The van der Waals surface area contributed by atoms with Crippen LogP contribution in [0.5, 0.6) is 5.75 Å². The predicted octanol–water partition coefficient (Wildman–Crippen LogP) is 1.91. The lowest BCUT2D eigenvalue weighted by atomic mass is 10.1. The molecule has 1 aliphatic heterocycles. The number of nitrogens with one attached hydrogen (secondary N) is 1. The Balaban J connectivity index is 1.62. The molecule has 1 N–H and O–H groups in total. The van der Waals surface area contributed by atoms with Crippen LogP contribution in [0.2, 0.25) is 0 Å². The van der Waals surface area contributed by atoms with Crippen molar-refractivity contribution in [3.8, 4) is 5.75 Å². The van der Waals surface area contributed by atoms with Gasteiger partial charge in [-0.2, -0.15) is 0 Å². The number of quaternary nitrogens is 1. The summed E-state index contributed by atoms with van der Waals surface area (Å²) < 4.78 is 13.0. The van der Waals surface area contributed by atoms with Crippen molar-refractivity contribution in [2.45, 2.75) is 26.8 Å². The number of carbonyl (C=O) groups is 1. The average molecular weight is 401 g/mol. The van der Waals surface area contributed by atoms with Crippen molar-refractivity contribution < 1.29 is 19.2 Å². The first-order valence-electron chi connectivity index (χ1n) is 10.4. The van der Waals surface area contributed by atoms with E-state index >= 15 is 0 Å². The zero-order valence-corrected chi connectivity index (χ0v) is 18.3. The normalized spacial score (nSPS) is 16.1. The summed E-state index contributed by atoms with van der Waals surface area (Å²) in [7, 11) is 3.42. The van der Waals surface area contributed by atoms with E-state index in [1.165, 1.54) is 4.90 Å². The summed E-state index contributed by atoms with van der Waals surface area (Å²) in [5.74, 6) is 1.14. The van der Waals surface area contributed by atoms with Gasteiger partial charge in [-0.05, 0) is 39.0 Å². The molecule has 6 heteroatoms. The highest BCUT2D eigenvalue weighted by Crippen LogP contribution is 2.27. The molecule has 2 heterocycles. The van der Waals surface area contributed by atoms with E-state index < -0.39 is 0 Å². The average Bonchev–Trinajstić information content (AvgIpc) is 3.03. The number of aromatic nitrogens is 1. The van der Waals surface area contributed by atoms with Crippen molar-refractivity contribution in [2.24, 2.45) is 0 Å². The van der Waals surface area contributed by atoms with E-state index in [1.54, 1.807) is 14.2 Å². The molecule has 1 aromatic carbocycles. The molecule has 1 aromatic heterocycles. The molecule has 2 aromatic rings. The van der Waals surface area contributed by atoms with Gasteiger partial charge in [-0.1, -0.05) is 12.1 Å². The molecule has 1 saturated heterocycles. The lowest BCUT2D eigenvalue weighted by molar-refractivity contribution is -0.892. The first-order valence-corrected chi connectivity index (χ1v) is 10.4. The largest absolute Gasteiger partial charge is 0.495 e. The summed E-state index contributed by atoms with van der Waals surface area (Å²) in [5, 5.41) is 0. The highest BCUT2D eigenvalue weighted by atomic mass is 16.5. The fourth-order valence-electron chi connectivity index (χ4n) is 4.51. The van der Waals surface area contributed by atoms with Gasteiger partial charge in [-0.15, -0.1) is 0 Å². The van der Waals surface area contributed by atoms with E-state index in [4.69, 9.17) is 9.47 Å². The highest BCUT2D eigenvalue weighted by Gasteiger charge is 2.26. The number of nitrogens with zero attached hydrogens (tertiary/aromatic N) is 2. The Morgan fingerprint density at radius 1 is 1.17 bits per heavy atom. The number of anilines is 1. The monoisotopic (exact) mass is 400 g/mol. The summed E-state index contributed by atoms with van der Waals surface area (Å²) in [5.41, 5.74) is 4.15. The minimum absolute atomic E-state index is 0.221. The number of benzene rings is 1.